The molecule has 0 saturated carbocycles. The summed E-state index contributed by atoms with van der Waals surface area (Å²) < 4.78 is 5.47. The van der Waals surface area contributed by atoms with E-state index in [4.69, 9.17) is 4.74 Å². The lowest BCUT2D eigenvalue weighted by Gasteiger charge is -2.26. The Morgan fingerprint density at radius 3 is 3.50 bits per heavy atom. The lowest BCUT2D eigenvalue weighted by atomic mass is 10.1. The highest BCUT2D eigenvalue weighted by Crippen LogP contribution is 2.17. The van der Waals surface area contributed by atoms with Crippen LogP contribution >= 0.6 is 0 Å². The van der Waals surface area contributed by atoms with Gasteiger partial charge in [-0.2, -0.15) is 0 Å². The fraction of sp³-hybridized carbons (Fsp3) is 0.500. The minimum Gasteiger partial charge on any atom is -0.370 e. The zero-order valence-electron chi connectivity index (χ0n) is 5.79. The van der Waals surface area contributed by atoms with Crippen LogP contribution in [0.5, 0.6) is 0 Å². The highest BCUT2D eigenvalue weighted by molar-refractivity contribution is 5.21. The second-order valence-corrected chi connectivity index (χ2v) is 2.50. The maximum atomic E-state index is 5.47. The van der Waals surface area contributed by atoms with E-state index < -0.39 is 0 Å². The van der Waals surface area contributed by atoms with E-state index in [1.54, 1.807) is 0 Å². The van der Waals surface area contributed by atoms with Crippen molar-refractivity contribution < 1.29 is 4.74 Å². The molecule has 1 unspecified atom stereocenters. The summed E-state index contributed by atoms with van der Waals surface area (Å²) in [5.74, 6) is 0. The maximum absolute atomic E-state index is 5.47. The van der Waals surface area contributed by atoms with Crippen molar-refractivity contribution in [3.63, 3.8) is 0 Å². The maximum Gasteiger partial charge on any atom is 0.102 e. The number of rotatable bonds is 0. The number of hydrogen-bond acceptors (Lipinski definition) is 1. The topological polar surface area (TPSA) is 23.3 Å². The summed E-state index contributed by atoms with van der Waals surface area (Å²) in [6.45, 7) is 1.62. The predicted octanol–water partition coefficient (Wildman–Crippen LogP) is 0.833. The van der Waals surface area contributed by atoms with Gasteiger partial charge >= 0.3 is 0 Å². The standard InChI is InChI=1S/C8H10NO/c1-2-4-8-7(3-1)9-5-6-10-8/h1-3,8H,4-6H2. The molecule has 1 aliphatic heterocycles. The Bertz CT molecular complexity index is 184. The number of ether oxygens (including phenoxy) is 1. The molecule has 2 aliphatic rings. The van der Waals surface area contributed by atoms with E-state index in [0.29, 0.717) is 0 Å². The van der Waals surface area contributed by atoms with E-state index in [1.807, 2.05) is 12.2 Å². The minimum atomic E-state index is 0.263. The lowest BCUT2D eigenvalue weighted by Crippen LogP contribution is -2.32. The third-order valence-electron chi connectivity index (χ3n) is 1.79. The van der Waals surface area contributed by atoms with E-state index in [1.165, 1.54) is 0 Å². The van der Waals surface area contributed by atoms with Crippen molar-refractivity contribution >= 4 is 0 Å². The zero-order chi connectivity index (χ0) is 6.81. The van der Waals surface area contributed by atoms with E-state index in [-0.39, 0.29) is 6.10 Å². The normalized spacial score (nSPS) is 30.4. The number of hydrogen-bond donors (Lipinski definition) is 0. The van der Waals surface area contributed by atoms with Crippen LogP contribution in [-0.2, 0) is 4.74 Å². The highest BCUT2D eigenvalue weighted by Gasteiger charge is 2.19. The van der Waals surface area contributed by atoms with Crippen molar-refractivity contribution in [3.05, 3.63) is 23.9 Å². The Morgan fingerprint density at radius 1 is 1.60 bits per heavy atom. The van der Waals surface area contributed by atoms with E-state index in [0.717, 1.165) is 25.3 Å². The van der Waals surface area contributed by atoms with Crippen LogP contribution in [0.4, 0.5) is 0 Å². The van der Waals surface area contributed by atoms with Gasteiger partial charge in [-0.05, 0) is 12.5 Å². The second kappa shape index (κ2) is 2.46. The predicted molar refractivity (Wildman–Crippen MR) is 38.6 cm³/mol. The molecular weight excluding hydrogens is 126 g/mol. The van der Waals surface area contributed by atoms with Gasteiger partial charge in [0.1, 0.15) is 6.10 Å². The Balaban J connectivity index is 2.14. The van der Waals surface area contributed by atoms with E-state index in [2.05, 4.69) is 11.4 Å². The molecule has 1 heterocycles. The first-order valence-corrected chi connectivity index (χ1v) is 3.62. The van der Waals surface area contributed by atoms with Crippen molar-refractivity contribution in [2.75, 3.05) is 13.2 Å². The minimum absolute atomic E-state index is 0.263. The summed E-state index contributed by atoms with van der Waals surface area (Å²) >= 11 is 0. The van der Waals surface area contributed by atoms with Crippen LogP contribution in [0.25, 0.3) is 0 Å². The number of nitrogens with zero attached hydrogens (tertiary/aromatic N) is 1. The van der Waals surface area contributed by atoms with Crippen LogP contribution in [0.2, 0.25) is 0 Å². The summed E-state index contributed by atoms with van der Waals surface area (Å²) in [5.41, 5.74) is 1.12. The van der Waals surface area contributed by atoms with Crippen LogP contribution in [0.15, 0.2) is 23.9 Å². The largest absolute Gasteiger partial charge is 0.370 e. The molecule has 1 aliphatic carbocycles. The van der Waals surface area contributed by atoms with Crippen molar-refractivity contribution in [2.45, 2.75) is 12.5 Å². The van der Waals surface area contributed by atoms with Gasteiger partial charge in [-0.15, -0.1) is 0 Å². The first-order chi connectivity index (χ1) is 4.97. The lowest BCUT2D eigenvalue weighted by molar-refractivity contribution is 0.0537. The van der Waals surface area contributed by atoms with Gasteiger partial charge in [-0.25, -0.2) is 0 Å². The number of allylic oxidation sites excluding steroid dienone is 2. The summed E-state index contributed by atoms with van der Waals surface area (Å²) in [4.78, 5) is 0. The SMILES string of the molecule is C1=CCC2OCC[N]C2=C1. The first kappa shape index (κ1) is 5.98. The van der Waals surface area contributed by atoms with Gasteiger partial charge in [0.15, 0.2) is 0 Å². The molecule has 0 aromatic carbocycles. The average molecular weight is 136 g/mol. The molecule has 0 aromatic heterocycles. The molecule has 0 N–H and O–H groups in total. The molecular formula is C8H10NO. The molecule has 0 amide bonds. The highest BCUT2D eigenvalue weighted by atomic mass is 16.5. The monoisotopic (exact) mass is 136 g/mol. The molecule has 2 nitrogen and oxygen atoms in total. The molecule has 0 aromatic rings. The Hall–Kier alpha value is -0.760. The fourth-order valence-corrected chi connectivity index (χ4v) is 1.27. The van der Waals surface area contributed by atoms with Crippen molar-refractivity contribution in [3.8, 4) is 0 Å². The number of morpholine rings is 1. The molecule has 10 heavy (non-hydrogen) atoms. The molecule has 1 atom stereocenters. The summed E-state index contributed by atoms with van der Waals surface area (Å²) in [5, 5.41) is 4.34. The summed E-state index contributed by atoms with van der Waals surface area (Å²) in [6, 6.07) is 0. The van der Waals surface area contributed by atoms with Gasteiger partial charge in [-0.1, -0.05) is 12.2 Å². The molecule has 0 spiro atoms. The van der Waals surface area contributed by atoms with Crippen LogP contribution in [0.3, 0.4) is 0 Å². The van der Waals surface area contributed by atoms with Gasteiger partial charge in [0, 0.05) is 0 Å². The molecule has 1 radical (unpaired) electrons. The quantitative estimate of drug-likeness (QED) is 0.484. The van der Waals surface area contributed by atoms with Gasteiger partial charge in [0.2, 0.25) is 0 Å². The fourth-order valence-electron chi connectivity index (χ4n) is 1.27. The zero-order valence-corrected chi connectivity index (χ0v) is 5.79. The molecule has 1 saturated heterocycles. The van der Waals surface area contributed by atoms with Crippen LogP contribution in [0, 0.1) is 0 Å². The van der Waals surface area contributed by atoms with Crippen molar-refractivity contribution in [1.29, 1.82) is 0 Å². The van der Waals surface area contributed by atoms with E-state index >= 15 is 0 Å². The first-order valence-electron chi connectivity index (χ1n) is 3.62. The second-order valence-electron chi connectivity index (χ2n) is 2.50. The van der Waals surface area contributed by atoms with Gasteiger partial charge in [-0.3, -0.25) is 5.32 Å². The average Bonchev–Trinajstić information content (AvgIpc) is 2.05. The van der Waals surface area contributed by atoms with E-state index in [9.17, 15) is 0 Å². The van der Waals surface area contributed by atoms with Gasteiger partial charge in [0.05, 0.1) is 18.8 Å². The molecule has 0 bridgehead atoms. The molecule has 1 fully saturated rings. The Morgan fingerprint density at radius 2 is 2.60 bits per heavy atom. The third-order valence-corrected chi connectivity index (χ3v) is 1.79. The van der Waals surface area contributed by atoms with Gasteiger partial charge in [0.25, 0.3) is 0 Å². The number of fused-ring (bicyclic) bond motifs is 1. The Kier molecular flexibility index (Phi) is 1.47. The van der Waals surface area contributed by atoms with Gasteiger partial charge < -0.3 is 4.74 Å². The van der Waals surface area contributed by atoms with Crippen molar-refractivity contribution in [2.24, 2.45) is 0 Å². The smallest absolute Gasteiger partial charge is 0.102 e. The van der Waals surface area contributed by atoms with Crippen LogP contribution in [0.1, 0.15) is 6.42 Å². The molecule has 2 heteroatoms. The van der Waals surface area contributed by atoms with Crippen molar-refractivity contribution in [1.82, 2.24) is 5.32 Å². The van der Waals surface area contributed by atoms with Crippen LogP contribution < -0.4 is 5.32 Å². The Labute approximate surface area is 60.6 Å². The molecule has 53 valence electrons. The summed E-state index contributed by atoms with van der Waals surface area (Å²) in [6.07, 6.45) is 7.46. The third kappa shape index (κ3) is 0.948. The van der Waals surface area contributed by atoms with Crippen LogP contribution in [-0.4, -0.2) is 19.3 Å². The summed E-state index contributed by atoms with van der Waals surface area (Å²) in [7, 11) is 0. The molecule has 2 rings (SSSR count).